The van der Waals surface area contributed by atoms with Gasteiger partial charge in [0.1, 0.15) is 5.76 Å². The highest BCUT2D eigenvalue weighted by atomic mass is 16.8. The number of rotatable bonds is 3. The standard InChI is InChI=1S/C11H10N6O3/c1-7-6-10(13-20-7)16-11(12-14-15-16)8-2-4-9(5-3-8)17(18)19/h2-6,17-18H,1H3. The summed E-state index contributed by atoms with van der Waals surface area (Å²) >= 11 is 0. The summed E-state index contributed by atoms with van der Waals surface area (Å²) in [7, 11) is 0. The molecule has 2 N–H and O–H groups in total. The Morgan fingerprint density at radius 2 is 2.05 bits per heavy atom. The summed E-state index contributed by atoms with van der Waals surface area (Å²) in [5, 5.41) is 33.9. The summed E-state index contributed by atoms with van der Waals surface area (Å²) in [5.41, 5.74) is 0.880. The van der Waals surface area contributed by atoms with Gasteiger partial charge in [-0.25, -0.2) is 5.21 Å². The Hall–Kier alpha value is -2.62. The van der Waals surface area contributed by atoms with E-state index in [4.69, 9.17) is 9.73 Å². The van der Waals surface area contributed by atoms with Crippen LogP contribution in [0.5, 0.6) is 0 Å². The van der Waals surface area contributed by atoms with Crippen LogP contribution in [-0.2, 0) is 0 Å². The Morgan fingerprint density at radius 3 is 2.65 bits per heavy atom. The van der Waals surface area contributed by atoms with Crippen molar-refractivity contribution in [2.24, 2.45) is 0 Å². The van der Waals surface area contributed by atoms with Gasteiger partial charge < -0.3 is 9.73 Å². The average Bonchev–Trinajstić information content (AvgIpc) is 3.07. The Bertz CT molecular complexity index is 718. The van der Waals surface area contributed by atoms with Crippen LogP contribution in [0.2, 0.25) is 0 Å². The van der Waals surface area contributed by atoms with Crippen LogP contribution in [0.1, 0.15) is 5.76 Å². The number of tetrazole rings is 1. The molecule has 1 aromatic carbocycles. The lowest BCUT2D eigenvalue weighted by atomic mass is 10.2. The molecule has 0 spiro atoms. The first-order chi connectivity index (χ1) is 9.65. The Morgan fingerprint density at radius 1 is 1.30 bits per heavy atom. The molecule has 0 fully saturated rings. The third-order valence-electron chi connectivity index (χ3n) is 2.69. The Labute approximate surface area is 112 Å². The lowest BCUT2D eigenvalue weighted by Gasteiger charge is -2.11. The van der Waals surface area contributed by atoms with Crippen molar-refractivity contribution in [1.29, 1.82) is 0 Å². The van der Waals surface area contributed by atoms with E-state index >= 15 is 0 Å². The number of benzene rings is 1. The van der Waals surface area contributed by atoms with E-state index in [0.29, 0.717) is 23.0 Å². The maximum absolute atomic E-state index is 10.8. The van der Waals surface area contributed by atoms with Crippen LogP contribution in [0.15, 0.2) is 34.9 Å². The van der Waals surface area contributed by atoms with Crippen molar-refractivity contribution in [3.05, 3.63) is 41.3 Å². The van der Waals surface area contributed by atoms with Crippen LogP contribution >= 0.6 is 0 Å². The normalized spacial score (nSPS) is 12.6. The maximum Gasteiger partial charge on any atom is 0.200 e. The van der Waals surface area contributed by atoms with Gasteiger partial charge in [0.25, 0.3) is 0 Å². The van der Waals surface area contributed by atoms with Gasteiger partial charge in [-0.15, -0.1) is 5.10 Å². The first kappa shape index (κ1) is 12.4. The minimum absolute atomic E-state index is 0.199. The van der Waals surface area contributed by atoms with Crippen molar-refractivity contribution in [3.8, 4) is 17.2 Å². The highest BCUT2D eigenvalue weighted by Crippen LogP contribution is 2.20. The molecule has 102 valence electrons. The Balaban J connectivity index is 2.01. The first-order valence-corrected chi connectivity index (χ1v) is 5.71. The number of aryl methyl sites for hydroxylation is 1. The lowest BCUT2D eigenvalue weighted by Crippen LogP contribution is -2.99. The third kappa shape index (κ3) is 2.16. The van der Waals surface area contributed by atoms with Gasteiger partial charge >= 0.3 is 0 Å². The third-order valence-corrected chi connectivity index (χ3v) is 2.69. The molecule has 2 heterocycles. The van der Waals surface area contributed by atoms with Crippen molar-refractivity contribution in [3.63, 3.8) is 0 Å². The molecule has 20 heavy (non-hydrogen) atoms. The van der Waals surface area contributed by atoms with Crippen molar-refractivity contribution >= 4 is 5.69 Å². The number of aromatic nitrogens is 5. The molecule has 1 atom stereocenters. The molecule has 9 nitrogen and oxygen atoms in total. The van der Waals surface area contributed by atoms with E-state index in [1.807, 2.05) is 0 Å². The van der Waals surface area contributed by atoms with E-state index in [1.54, 1.807) is 25.1 Å². The fourth-order valence-electron chi connectivity index (χ4n) is 1.74. The first-order valence-electron chi connectivity index (χ1n) is 5.71. The predicted molar refractivity (Wildman–Crippen MR) is 65.2 cm³/mol. The van der Waals surface area contributed by atoms with E-state index in [9.17, 15) is 5.21 Å². The van der Waals surface area contributed by atoms with Crippen LogP contribution in [-0.4, -0.2) is 30.6 Å². The summed E-state index contributed by atoms with van der Waals surface area (Å²) in [5.74, 6) is 1.56. The molecule has 0 bridgehead atoms. The molecule has 3 aromatic rings. The zero-order valence-corrected chi connectivity index (χ0v) is 10.4. The highest BCUT2D eigenvalue weighted by molar-refractivity contribution is 5.58. The van der Waals surface area contributed by atoms with Gasteiger partial charge in [-0.2, -0.15) is 9.91 Å². The molecule has 9 heteroatoms. The topological polar surface area (TPSA) is 117 Å². The van der Waals surface area contributed by atoms with Crippen LogP contribution < -0.4 is 5.23 Å². The smallest absolute Gasteiger partial charge is 0.200 e. The summed E-state index contributed by atoms with van der Waals surface area (Å²) < 4.78 is 6.41. The summed E-state index contributed by atoms with van der Waals surface area (Å²) in [6, 6.07) is 7.96. The fraction of sp³-hybridized carbons (Fsp3) is 0.0909. The van der Waals surface area contributed by atoms with Crippen LogP contribution in [0.3, 0.4) is 0 Å². The summed E-state index contributed by atoms with van der Waals surface area (Å²) in [6.45, 7) is 1.77. The van der Waals surface area contributed by atoms with E-state index < -0.39 is 5.23 Å². The quantitative estimate of drug-likeness (QED) is 0.647. The van der Waals surface area contributed by atoms with Gasteiger partial charge in [0.2, 0.25) is 5.82 Å². The largest absolute Gasteiger partial charge is 0.595 e. The molecule has 2 aromatic heterocycles. The molecular weight excluding hydrogens is 264 g/mol. The number of nitrogens with zero attached hydrogens (tertiary/aromatic N) is 5. The molecule has 0 saturated carbocycles. The fourth-order valence-corrected chi connectivity index (χ4v) is 1.74. The van der Waals surface area contributed by atoms with Gasteiger partial charge in [0, 0.05) is 23.8 Å². The second-order valence-corrected chi connectivity index (χ2v) is 4.09. The van der Waals surface area contributed by atoms with Gasteiger partial charge in [-0.1, -0.05) is 5.16 Å². The molecule has 0 aliphatic carbocycles. The monoisotopic (exact) mass is 274 g/mol. The van der Waals surface area contributed by atoms with Crippen molar-refractivity contribution in [2.45, 2.75) is 6.92 Å². The van der Waals surface area contributed by atoms with Gasteiger partial charge in [0.15, 0.2) is 11.5 Å². The van der Waals surface area contributed by atoms with E-state index in [0.717, 1.165) is 0 Å². The maximum atomic E-state index is 10.8. The molecule has 1 unspecified atom stereocenters. The van der Waals surface area contributed by atoms with Crippen LogP contribution in [0.4, 0.5) is 5.69 Å². The molecule has 0 saturated heterocycles. The Kier molecular flexibility index (Phi) is 2.99. The molecule has 0 radical (unpaired) electrons. The van der Waals surface area contributed by atoms with Crippen molar-refractivity contribution < 1.29 is 15.0 Å². The van der Waals surface area contributed by atoms with E-state index in [-0.39, 0.29) is 5.69 Å². The summed E-state index contributed by atoms with van der Waals surface area (Å²) in [4.78, 5) is 0. The van der Waals surface area contributed by atoms with E-state index in [2.05, 4.69) is 20.7 Å². The number of nitrogens with one attached hydrogen (secondary N) is 1. The second kappa shape index (κ2) is 4.81. The van der Waals surface area contributed by atoms with Gasteiger partial charge in [-0.05, 0) is 29.5 Å². The van der Waals surface area contributed by atoms with Crippen LogP contribution in [0.25, 0.3) is 17.2 Å². The predicted octanol–water partition coefficient (Wildman–Crippen LogP) is 0.0291. The zero-order chi connectivity index (χ0) is 14.1. The number of hydrogen-bond donors (Lipinski definition) is 2. The van der Waals surface area contributed by atoms with Gasteiger partial charge in [0.05, 0.1) is 0 Å². The summed E-state index contributed by atoms with van der Waals surface area (Å²) in [6.07, 6.45) is 0. The average molecular weight is 274 g/mol. The molecule has 3 rings (SSSR count). The van der Waals surface area contributed by atoms with Gasteiger partial charge in [-0.3, -0.25) is 0 Å². The molecule has 0 aliphatic heterocycles. The second-order valence-electron chi connectivity index (χ2n) is 4.09. The number of quaternary nitrogens is 1. The minimum Gasteiger partial charge on any atom is -0.595 e. The van der Waals surface area contributed by atoms with Crippen LogP contribution in [0, 0.1) is 12.1 Å². The lowest BCUT2D eigenvalue weighted by molar-refractivity contribution is -0.991. The molecule has 0 amide bonds. The van der Waals surface area contributed by atoms with E-state index in [1.165, 1.54) is 16.8 Å². The van der Waals surface area contributed by atoms with Crippen molar-refractivity contribution in [1.82, 2.24) is 25.4 Å². The SMILES string of the molecule is Cc1cc(-n2nnnc2-c2ccc([NH+]([O-])O)cc2)no1. The minimum atomic E-state index is -0.983. The molecular formula is C11H10N6O3. The zero-order valence-electron chi connectivity index (χ0n) is 10.4. The number of hydrogen-bond acceptors (Lipinski definition) is 7. The molecule has 0 aliphatic rings. The van der Waals surface area contributed by atoms with Crippen molar-refractivity contribution in [2.75, 3.05) is 0 Å². The highest BCUT2D eigenvalue weighted by Gasteiger charge is 2.14.